The molecule has 7 nitrogen and oxygen atoms in total. The minimum absolute atomic E-state index is 0.426. The van der Waals surface area contributed by atoms with Gasteiger partial charge < -0.3 is 20.2 Å². The van der Waals surface area contributed by atoms with Crippen molar-refractivity contribution < 1.29 is 9.15 Å². The minimum Gasteiger partial charge on any atom is -0.497 e. The van der Waals surface area contributed by atoms with Crippen LogP contribution in [0.4, 0.5) is 11.6 Å². The molecule has 0 saturated carbocycles. The van der Waals surface area contributed by atoms with Crippen molar-refractivity contribution >= 4 is 33.5 Å². The van der Waals surface area contributed by atoms with E-state index in [1.54, 1.807) is 25.6 Å². The Labute approximate surface area is 137 Å². The lowest BCUT2D eigenvalue weighted by Gasteiger charge is -2.08. The number of anilines is 2. The summed E-state index contributed by atoms with van der Waals surface area (Å²) in [6, 6.07) is 7.29. The summed E-state index contributed by atoms with van der Waals surface area (Å²) < 4.78 is 11.1. The van der Waals surface area contributed by atoms with Crippen LogP contribution in [0.1, 0.15) is 0 Å². The number of aromatic nitrogens is 3. The highest BCUT2D eigenvalue weighted by atomic mass is 16.5. The quantitative estimate of drug-likeness (QED) is 0.598. The van der Waals surface area contributed by atoms with Crippen molar-refractivity contribution in [2.45, 2.75) is 0 Å². The molecule has 120 valence electrons. The average Bonchev–Trinajstić information content (AvgIpc) is 3.03. The van der Waals surface area contributed by atoms with Crippen LogP contribution in [0.2, 0.25) is 0 Å². The predicted molar refractivity (Wildman–Crippen MR) is 93.1 cm³/mol. The van der Waals surface area contributed by atoms with Crippen LogP contribution in [-0.2, 0) is 0 Å². The first-order chi connectivity index (χ1) is 11.7. The number of ether oxygens (including phenoxy) is 1. The second-order valence-corrected chi connectivity index (χ2v) is 5.28. The summed E-state index contributed by atoms with van der Waals surface area (Å²) >= 11 is 0. The molecule has 4 aromatic rings. The molecule has 0 bridgehead atoms. The molecular weight excluding hydrogens is 306 g/mol. The Bertz CT molecular complexity index is 1060. The average molecular weight is 321 g/mol. The molecule has 0 amide bonds. The Morgan fingerprint density at radius 2 is 2.00 bits per heavy atom. The second kappa shape index (κ2) is 5.38. The van der Waals surface area contributed by atoms with E-state index in [2.05, 4.69) is 20.3 Å². The molecular formula is C17H15N5O2. The monoisotopic (exact) mass is 321 g/mol. The molecule has 3 aromatic heterocycles. The highest BCUT2D eigenvalue weighted by molar-refractivity contribution is 6.01. The third-order valence-electron chi connectivity index (χ3n) is 3.86. The number of rotatable bonds is 3. The van der Waals surface area contributed by atoms with Gasteiger partial charge in [0.15, 0.2) is 5.58 Å². The van der Waals surface area contributed by atoms with Crippen LogP contribution < -0.4 is 15.8 Å². The van der Waals surface area contributed by atoms with Crippen LogP contribution in [0.5, 0.6) is 5.75 Å². The fourth-order valence-corrected chi connectivity index (χ4v) is 2.67. The van der Waals surface area contributed by atoms with Crippen LogP contribution in [-0.4, -0.2) is 29.1 Å². The number of hydrogen-bond acceptors (Lipinski definition) is 7. The van der Waals surface area contributed by atoms with Gasteiger partial charge in [0.05, 0.1) is 12.7 Å². The van der Waals surface area contributed by atoms with Crippen LogP contribution in [0.15, 0.2) is 41.1 Å². The van der Waals surface area contributed by atoms with E-state index >= 15 is 0 Å². The SMILES string of the molecule is CNc1ncc(-c2nc3cc(OC)ccc3o2)c2cc(N)ncc12. The number of pyridine rings is 2. The van der Waals surface area contributed by atoms with Crippen molar-refractivity contribution in [3.63, 3.8) is 0 Å². The van der Waals surface area contributed by atoms with E-state index in [4.69, 9.17) is 14.9 Å². The van der Waals surface area contributed by atoms with Gasteiger partial charge in [-0.25, -0.2) is 15.0 Å². The van der Waals surface area contributed by atoms with E-state index < -0.39 is 0 Å². The Morgan fingerprint density at radius 1 is 1.12 bits per heavy atom. The Balaban J connectivity index is 1.97. The Morgan fingerprint density at radius 3 is 2.79 bits per heavy atom. The molecule has 0 spiro atoms. The van der Waals surface area contributed by atoms with Gasteiger partial charge in [0.25, 0.3) is 0 Å². The summed E-state index contributed by atoms with van der Waals surface area (Å²) in [4.78, 5) is 13.1. The van der Waals surface area contributed by atoms with E-state index in [9.17, 15) is 0 Å². The van der Waals surface area contributed by atoms with Gasteiger partial charge in [-0.2, -0.15) is 0 Å². The largest absolute Gasteiger partial charge is 0.497 e. The predicted octanol–water partition coefficient (Wildman–Crippen LogP) is 3.07. The topological polar surface area (TPSA) is 99.1 Å². The van der Waals surface area contributed by atoms with E-state index in [1.807, 2.05) is 25.2 Å². The molecule has 1 aromatic carbocycles. The maximum Gasteiger partial charge on any atom is 0.229 e. The Kier molecular flexibility index (Phi) is 3.19. The van der Waals surface area contributed by atoms with E-state index in [-0.39, 0.29) is 0 Å². The maximum absolute atomic E-state index is 5.89. The molecule has 3 heterocycles. The summed E-state index contributed by atoms with van der Waals surface area (Å²) in [7, 11) is 3.43. The van der Waals surface area contributed by atoms with Crippen molar-refractivity contribution in [1.29, 1.82) is 0 Å². The standard InChI is InChI=1S/C17H15N5O2/c1-19-16-11-7-20-15(18)6-10(11)12(8-21-16)17-22-13-5-9(23-2)3-4-14(13)24-17/h3-8H,1-2H3,(H2,18,20)(H,19,21). The molecule has 0 aliphatic carbocycles. The third kappa shape index (κ3) is 2.18. The lowest BCUT2D eigenvalue weighted by atomic mass is 10.1. The molecule has 0 saturated heterocycles. The summed E-state index contributed by atoms with van der Waals surface area (Å²) in [5.41, 5.74) is 8.01. The lowest BCUT2D eigenvalue weighted by molar-refractivity contribution is 0.415. The van der Waals surface area contributed by atoms with Crippen molar-refractivity contribution in [3.05, 3.63) is 36.7 Å². The highest BCUT2D eigenvalue weighted by Gasteiger charge is 2.15. The van der Waals surface area contributed by atoms with E-state index in [0.29, 0.717) is 17.3 Å². The maximum atomic E-state index is 5.89. The molecule has 7 heteroatoms. The molecule has 3 N–H and O–H groups in total. The number of nitrogen functional groups attached to an aromatic ring is 1. The van der Waals surface area contributed by atoms with Crippen molar-refractivity contribution in [1.82, 2.24) is 15.0 Å². The number of methoxy groups -OCH3 is 1. The van der Waals surface area contributed by atoms with Crippen molar-refractivity contribution in [2.24, 2.45) is 0 Å². The highest BCUT2D eigenvalue weighted by Crippen LogP contribution is 2.33. The fraction of sp³-hybridized carbons (Fsp3) is 0.118. The zero-order chi connectivity index (χ0) is 16.7. The number of nitrogens with one attached hydrogen (secondary N) is 1. The molecule has 0 aliphatic rings. The molecule has 24 heavy (non-hydrogen) atoms. The van der Waals surface area contributed by atoms with Crippen molar-refractivity contribution in [2.75, 3.05) is 25.2 Å². The van der Waals surface area contributed by atoms with Crippen LogP contribution in [0.3, 0.4) is 0 Å². The smallest absolute Gasteiger partial charge is 0.229 e. The Hall–Kier alpha value is -3.35. The summed E-state index contributed by atoms with van der Waals surface area (Å²) in [6.07, 6.45) is 3.41. The molecule has 0 radical (unpaired) electrons. The first-order valence-corrected chi connectivity index (χ1v) is 7.36. The molecule has 0 aliphatic heterocycles. The number of fused-ring (bicyclic) bond motifs is 2. The van der Waals surface area contributed by atoms with Gasteiger partial charge in [-0.05, 0) is 18.2 Å². The number of benzene rings is 1. The molecule has 0 fully saturated rings. The van der Waals surface area contributed by atoms with Gasteiger partial charge in [0, 0.05) is 36.3 Å². The molecule has 0 unspecified atom stereocenters. The summed E-state index contributed by atoms with van der Waals surface area (Å²) in [5, 5.41) is 4.78. The minimum atomic E-state index is 0.426. The van der Waals surface area contributed by atoms with Crippen LogP contribution in [0.25, 0.3) is 33.3 Å². The lowest BCUT2D eigenvalue weighted by Crippen LogP contribution is -1.97. The molecule has 4 rings (SSSR count). The van der Waals surface area contributed by atoms with E-state index in [0.717, 1.165) is 33.4 Å². The van der Waals surface area contributed by atoms with Gasteiger partial charge >= 0.3 is 0 Å². The van der Waals surface area contributed by atoms with Crippen LogP contribution >= 0.6 is 0 Å². The fourth-order valence-electron chi connectivity index (χ4n) is 2.67. The van der Waals surface area contributed by atoms with Gasteiger partial charge in [-0.1, -0.05) is 0 Å². The molecule has 0 atom stereocenters. The normalized spacial score (nSPS) is 11.1. The zero-order valence-corrected chi connectivity index (χ0v) is 13.2. The number of hydrogen-bond donors (Lipinski definition) is 2. The van der Waals surface area contributed by atoms with E-state index in [1.165, 1.54) is 0 Å². The van der Waals surface area contributed by atoms with Gasteiger partial charge in [-0.3, -0.25) is 0 Å². The second-order valence-electron chi connectivity index (χ2n) is 5.28. The first-order valence-electron chi connectivity index (χ1n) is 7.36. The van der Waals surface area contributed by atoms with Gasteiger partial charge in [0.1, 0.15) is 22.9 Å². The first kappa shape index (κ1) is 14.3. The number of nitrogens with two attached hydrogens (primary N) is 1. The van der Waals surface area contributed by atoms with Gasteiger partial charge in [-0.15, -0.1) is 0 Å². The summed E-state index contributed by atoms with van der Waals surface area (Å²) in [6.45, 7) is 0. The zero-order valence-electron chi connectivity index (χ0n) is 13.2. The number of nitrogens with zero attached hydrogens (tertiary/aromatic N) is 3. The van der Waals surface area contributed by atoms with Crippen molar-refractivity contribution in [3.8, 4) is 17.2 Å². The summed E-state index contributed by atoms with van der Waals surface area (Å²) in [5.74, 6) is 2.35. The number of oxazole rings is 1. The van der Waals surface area contributed by atoms with Gasteiger partial charge in [0.2, 0.25) is 5.89 Å². The third-order valence-corrected chi connectivity index (χ3v) is 3.86. The van der Waals surface area contributed by atoms with Crippen LogP contribution in [0, 0.1) is 0 Å².